The maximum Gasteiger partial charge on any atom is 0.283 e. The van der Waals surface area contributed by atoms with Crippen molar-refractivity contribution >= 4 is 17.6 Å². The number of hydrogen-bond acceptors (Lipinski definition) is 6. The first kappa shape index (κ1) is 20.8. The van der Waals surface area contributed by atoms with Crippen molar-refractivity contribution in [2.24, 2.45) is 16.6 Å². The average Bonchev–Trinajstić information content (AvgIpc) is 3.18. The highest BCUT2D eigenvalue weighted by molar-refractivity contribution is 6.31. The minimum Gasteiger partial charge on any atom is -0.490 e. The molecule has 33 heavy (non-hydrogen) atoms. The van der Waals surface area contributed by atoms with Crippen molar-refractivity contribution in [3.8, 4) is 22.9 Å². The van der Waals surface area contributed by atoms with Crippen LogP contribution in [0.4, 0.5) is 0 Å². The smallest absolute Gasteiger partial charge is 0.283 e. The summed E-state index contributed by atoms with van der Waals surface area (Å²) < 4.78 is 18.7. The zero-order valence-electron chi connectivity index (χ0n) is 18.3. The Kier molecular flexibility index (Phi) is 5.01. The van der Waals surface area contributed by atoms with Gasteiger partial charge in [0.2, 0.25) is 0 Å². The minimum absolute atomic E-state index is 0.0548. The molecule has 7 heteroatoms. The molecule has 2 aliphatic carbocycles. The number of ether oxygens (including phenoxy) is 3. The van der Waals surface area contributed by atoms with Gasteiger partial charge in [0.25, 0.3) is 6.02 Å². The lowest BCUT2D eigenvalue weighted by Crippen LogP contribution is -2.52. The Labute approximate surface area is 198 Å². The molecule has 1 unspecified atom stereocenters. The molecule has 170 valence electrons. The van der Waals surface area contributed by atoms with Gasteiger partial charge in [-0.3, -0.25) is 0 Å². The average molecular weight is 464 g/mol. The number of nitrogens with two attached hydrogens (primary N) is 1. The van der Waals surface area contributed by atoms with Gasteiger partial charge in [-0.15, -0.1) is 0 Å². The summed E-state index contributed by atoms with van der Waals surface area (Å²) >= 11 is 6.28. The molecule has 2 fully saturated rings. The molecule has 0 aromatic heterocycles. The highest BCUT2D eigenvalue weighted by atomic mass is 35.5. The SMILES string of the molecule is N#Cc1cc(Cl)cc(-c2ccc3c(c2)[C@@]2(COC(N)=N2)[C@H]2C[C@@H](OC4CCC4)CCC2O3)c1. The van der Waals surface area contributed by atoms with Crippen molar-refractivity contribution in [1.82, 2.24) is 0 Å². The Bertz CT molecular complexity index is 1170. The van der Waals surface area contributed by atoms with Crippen LogP contribution in [0.5, 0.6) is 5.75 Å². The van der Waals surface area contributed by atoms with Gasteiger partial charge in [-0.2, -0.15) is 5.26 Å². The summed E-state index contributed by atoms with van der Waals surface area (Å²) in [6.45, 7) is 0.398. The van der Waals surface area contributed by atoms with Gasteiger partial charge in [-0.1, -0.05) is 17.7 Å². The zero-order chi connectivity index (χ0) is 22.6. The molecule has 1 spiro atoms. The molecule has 2 saturated carbocycles. The maximum absolute atomic E-state index is 9.37. The van der Waals surface area contributed by atoms with Crippen molar-refractivity contribution in [2.45, 2.75) is 62.4 Å². The molecular formula is C26H26ClN3O3. The van der Waals surface area contributed by atoms with Crippen LogP contribution < -0.4 is 10.5 Å². The summed E-state index contributed by atoms with van der Waals surface area (Å²) in [6.07, 6.45) is 7.06. The molecule has 2 aromatic rings. The second-order valence-electron chi connectivity index (χ2n) is 9.60. The standard InChI is InChI=1S/C26H26ClN3O3/c27-18-9-15(13-28)8-17(10-18)16-4-6-23-21(11-16)26(14-31-25(29)30-26)22-12-20(5-7-24(22)33-23)32-19-2-1-3-19/h4,6,8-11,19-20,22,24H,1-3,5,7,12,14H2,(H2,29,30)/t20-,22-,24?,26-/m0/s1. The lowest BCUT2D eigenvalue weighted by Gasteiger charge is -2.48. The van der Waals surface area contributed by atoms with Crippen molar-refractivity contribution in [3.63, 3.8) is 0 Å². The van der Waals surface area contributed by atoms with Gasteiger partial charge in [-0.05, 0) is 80.0 Å². The first-order chi connectivity index (χ1) is 16.0. The first-order valence-electron chi connectivity index (χ1n) is 11.7. The molecule has 2 aliphatic heterocycles. The number of nitrogens with zero attached hydrogens (tertiary/aromatic N) is 2. The third kappa shape index (κ3) is 3.55. The molecule has 0 saturated heterocycles. The van der Waals surface area contributed by atoms with E-state index < -0.39 is 5.54 Å². The molecule has 2 N–H and O–H groups in total. The first-order valence-corrected chi connectivity index (χ1v) is 12.1. The molecule has 2 aromatic carbocycles. The number of benzene rings is 2. The van der Waals surface area contributed by atoms with Gasteiger partial charge >= 0.3 is 0 Å². The summed E-state index contributed by atoms with van der Waals surface area (Å²) in [5.41, 5.74) is 8.81. The van der Waals surface area contributed by atoms with E-state index in [-0.39, 0.29) is 24.1 Å². The van der Waals surface area contributed by atoms with E-state index in [4.69, 9.17) is 36.5 Å². The predicted octanol–water partition coefficient (Wildman–Crippen LogP) is 4.92. The van der Waals surface area contributed by atoms with Gasteiger partial charge in [0, 0.05) is 16.5 Å². The number of halogens is 1. The highest BCUT2D eigenvalue weighted by Gasteiger charge is 2.56. The lowest BCUT2D eigenvalue weighted by molar-refractivity contribution is -0.106. The van der Waals surface area contributed by atoms with Gasteiger partial charge in [0.05, 0.1) is 23.8 Å². The fraction of sp³-hybridized carbons (Fsp3) is 0.462. The van der Waals surface area contributed by atoms with Crippen LogP contribution in [0.2, 0.25) is 5.02 Å². The van der Waals surface area contributed by atoms with E-state index >= 15 is 0 Å². The monoisotopic (exact) mass is 463 g/mol. The van der Waals surface area contributed by atoms with E-state index in [0.717, 1.165) is 54.5 Å². The minimum atomic E-state index is -0.601. The molecule has 2 heterocycles. The van der Waals surface area contributed by atoms with Crippen LogP contribution in [0.15, 0.2) is 41.4 Å². The Hall–Kier alpha value is -2.75. The molecule has 0 radical (unpaired) electrons. The largest absolute Gasteiger partial charge is 0.490 e. The Morgan fingerprint density at radius 3 is 2.70 bits per heavy atom. The van der Waals surface area contributed by atoms with Crippen molar-refractivity contribution < 1.29 is 14.2 Å². The van der Waals surface area contributed by atoms with Crippen molar-refractivity contribution in [2.75, 3.05) is 6.61 Å². The summed E-state index contributed by atoms with van der Waals surface area (Å²) in [7, 11) is 0. The van der Waals surface area contributed by atoms with Crippen LogP contribution in [0.3, 0.4) is 0 Å². The Balaban J connectivity index is 1.41. The Morgan fingerprint density at radius 2 is 1.97 bits per heavy atom. The van der Waals surface area contributed by atoms with E-state index in [1.807, 2.05) is 24.3 Å². The van der Waals surface area contributed by atoms with Crippen LogP contribution in [0.1, 0.15) is 49.7 Å². The molecule has 6 rings (SSSR count). The lowest BCUT2D eigenvalue weighted by atomic mass is 9.67. The van der Waals surface area contributed by atoms with Crippen LogP contribution in [0.25, 0.3) is 11.1 Å². The predicted molar refractivity (Wildman–Crippen MR) is 125 cm³/mol. The molecule has 6 nitrogen and oxygen atoms in total. The second kappa shape index (κ2) is 7.93. The quantitative estimate of drug-likeness (QED) is 0.697. The van der Waals surface area contributed by atoms with Crippen LogP contribution in [-0.2, 0) is 15.0 Å². The second-order valence-corrected chi connectivity index (χ2v) is 10.0. The molecule has 0 amide bonds. The van der Waals surface area contributed by atoms with Crippen molar-refractivity contribution in [1.29, 1.82) is 5.26 Å². The number of hydrogen-bond donors (Lipinski definition) is 1. The number of rotatable bonds is 3. The van der Waals surface area contributed by atoms with E-state index in [0.29, 0.717) is 23.3 Å². The molecule has 0 bridgehead atoms. The Morgan fingerprint density at radius 1 is 1.09 bits per heavy atom. The van der Waals surface area contributed by atoms with Gasteiger partial charge in [-0.25, -0.2) is 4.99 Å². The van der Waals surface area contributed by atoms with Crippen molar-refractivity contribution in [3.05, 3.63) is 52.5 Å². The highest BCUT2D eigenvalue weighted by Crippen LogP contribution is 2.53. The number of fused-ring (bicyclic) bond motifs is 4. The van der Waals surface area contributed by atoms with Crippen LogP contribution in [0, 0.1) is 17.2 Å². The van der Waals surface area contributed by atoms with Crippen LogP contribution in [-0.4, -0.2) is 30.9 Å². The van der Waals surface area contributed by atoms with Gasteiger partial charge < -0.3 is 19.9 Å². The number of amidine groups is 1. The summed E-state index contributed by atoms with van der Waals surface area (Å²) in [5.74, 6) is 0.942. The zero-order valence-corrected chi connectivity index (χ0v) is 19.1. The summed E-state index contributed by atoms with van der Waals surface area (Å²) in [5, 5.41) is 9.90. The number of aliphatic imine (C=N–C) groups is 1. The normalized spacial score (nSPS) is 30.3. The van der Waals surface area contributed by atoms with E-state index in [1.165, 1.54) is 6.42 Å². The van der Waals surface area contributed by atoms with Crippen LogP contribution >= 0.6 is 11.6 Å². The summed E-state index contributed by atoms with van der Waals surface area (Å²) in [6, 6.07) is 13.9. The third-order valence-electron chi connectivity index (χ3n) is 7.62. The topological polar surface area (TPSA) is 89.9 Å². The van der Waals surface area contributed by atoms with E-state index in [9.17, 15) is 5.26 Å². The summed E-state index contributed by atoms with van der Waals surface area (Å²) in [4.78, 5) is 4.90. The van der Waals surface area contributed by atoms with E-state index in [2.05, 4.69) is 12.1 Å². The molecule has 4 atom stereocenters. The molecular weight excluding hydrogens is 438 g/mol. The molecule has 4 aliphatic rings. The fourth-order valence-corrected chi connectivity index (χ4v) is 5.99. The number of nitriles is 1. The van der Waals surface area contributed by atoms with Gasteiger partial charge in [0.1, 0.15) is 24.0 Å². The fourth-order valence-electron chi connectivity index (χ4n) is 5.76. The van der Waals surface area contributed by atoms with E-state index in [1.54, 1.807) is 6.07 Å². The maximum atomic E-state index is 9.37. The van der Waals surface area contributed by atoms with Gasteiger partial charge in [0.15, 0.2) is 0 Å². The third-order valence-corrected chi connectivity index (χ3v) is 7.84.